The van der Waals surface area contributed by atoms with Crippen LogP contribution in [0.15, 0.2) is 30.3 Å². The molecule has 6 nitrogen and oxygen atoms in total. The van der Waals surface area contributed by atoms with Gasteiger partial charge in [0.15, 0.2) is 0 Å². The lowest BCUT2D eigenvalue weighted by molar-refractivity contribution is -0.143. The highest BCUT2D eigenvalue weighted by Crippen LogP contribution is 2.27. The molecule has 0 radical (unpaired) electrons. The molecule has 0 bridgehead atoms. The maximum absolute atomic E-state index is 12.6. The summed E-state index contributed by atoms with van der Waals surface area (Å²) in [7, 11) is 0. The zero-order chi connectivity index (χ0) is 17.0. The molecule has 1 aromatic rings. The molecule has 3 unspecified atom stereocenters. The number of carbonyl (C=O) groups excluding carboxylic acids is 2. The molecule has 0 spiro atoms. The van der Waals surface area contributed by atoms with Crippen molar-refractivity contribution in [1.29, 1.82) is 0 Å². The van der Waals surface area contributed by atoms with Crippen molar-refractivity contribution in [2.75, 3.05) is 6.54 Å². The summed E-state index contributed by atoms with van der Waals surface area (Å²) in [5.41, 5.74) is 0.859. The molecular weight excluding hydrogens is 296 g/mol. The summed E-state index contributed by atoms with van der Waals surface area (Å²) in [5.74, 6) is -1.72. The fraction of sp³-hybridized carbons (Fsp3) is 0.471. The van der Waals surface area contributed by atoms with Crippen molar-refractivity contribution in [3.05, 3.63) is 35.9 Å². The third-order valence-electron chi connectivity index (χ3n) is 4.35. The monoisotopic (exact) mass is 318 g/mol. The van der Waals surface area contributed by atoms with Crippen LogP contribution in [0, 0.1) is 5.92 Å². The van der Waals surface area contributed by atoms with E-state index in [4.69, 9.17) is 5.11 Å². The van der Waals surface area contributed by atoms with Crippen molar-refractivity contribution in [2.24, 2.45) is 5.92 Å². The normalized spacial score (nSPS) is 21.7. The molecule has 124 valence electrons. The molecule has 0 saturated carbocycles. The van der Waals surface area contributed by atoms with Crippen molar-refractivity contribution in [3.8, 4) is 0 Å². The molecule has 1 saturated heterocycles. The minimum Gasteiger partial charge on any atom is -0.481 e. The van der Waals surface area contributed by atoms with E-state index in [1.807, 2.05) is 30.3 Å². The SMILES string of the molecule is CC(=O)NC(CC(=O)N1CCC(C(=O)O)C1C)c1ccccc1. The van der Waals surface area contributed by atoms with Crippen LogP contribution in [0.2, 0.25) is 0 Å². The fourth-order valence-electron chi connectivity index (χ4n) is 3.10. The zero-order valence-electron chi connectivity index (χ0n) is 13.4. The zero-order valence-corrected chi connectivity index (χ0v) is 13.4. The van der Waals surface area contributed by atoms with E-state index in [9.17, 15) is 14.4 Å². The Morgan fingerprint density at radius 2 is 1.96 bits per heavy atom. The van der Waals surface area contributed by atoms with Gasteiger partial charge in [-0.05, 0) is 18.9 Å². The minimum absolute atomic E-state index is 0.125. The number of hydrogen-bond donors (Lipinski definition) is 2. The molecule has 23 heavy (non-hydrogen) atoms. The molecular formula is C17H22N2O4. The minimum atomic E-state index is -0.866. The molecule has 1 fully saturated rings. The maximum atomic E-state index is 12.6. The first-order chi connectivity index (χ1) is 10.9. The lowest BCUT2D eigenvalue weighted by atomic mass is 10.0. The molecule has 1 heterocycles. The molecule has 0 aromatic heterocycles. The van der Waals surface area contributed by atoms with Gasteiger partial charge in [-0.15, -0.1) is 0 Å². The Kier molecular flexibility index (Phi) is 5.36. The van der Waals surface area contributed by atoms with Gasteiger partial charge in [0.25, 0.3) is 0 Å². The lowest BCUT2D eigenvalue weighted by Crippen LogP contribution is -2.40. The van der Waals surface area contributed by atoms with E-state index >= 15 is 0 Å². The highest BCUT2D eigenvalue weighted by molar-refractivity contribution is 5.81. The quantitative estimate of drug-likeness (QED) is 0.863. The number of nitrogens with zero attached hydrogens (tertiary/aromatic N) is 1. The smallest absolute Gasteiger partial charge is 0.308 e. The van der Waals surface area contributed by atoms with Gasteiger partial charge < -0.3 is 15.3 Å². The van der Waals surface area contributed by atoms with Crippen molar-refractivity contribution < 1.29 is 19.5 Å². The van der Waals surface area contributed by atoms with Crippen LogP contribution in [0.5, 0.6) is 0 Å². The number of hydrogen-bond acceptors (Lipinski definition) is 3. The number of carboxylic acid groups (broad SMARTS) is 1. The Hall–Kier alpha value is -2.37. The van der Waals surface area contributed by atoms with E-state index in [2.05, 4.69) is 5.32 Å². The van der Waals surface area contributed by atoms with Gasteiger partial charge in [-0.3, -0.25) is 14.4 Å². The second-order valence-corrected chi connectivity index (χ2v) is 5.93. The molecule has 2 amide bonds. The van der Waals surface area contributed by atoms with E-state index in [1.54, 1.807) is 11.8 Å². The first-order valence-electron chi connectivity index (χ1n) is 7.74. The second-order valence-electron chi connectivity index (χ2n) is 5.93. The topological polar surface area (TPSA) is 86.7 Å². The number of benzene rings is 1. The average Bonchev–Trinajstić information content (AvgIpc) is 2.89. The van der Waals surface area contributed by atoms with Crippen LogP contribution in [-0.4, -0.2) is 40.4 Å². The maximum Gasteiger partial charge on any atom is 0.308 e. The van der Waals surface area contributed by atoms with Crippen LogP contribution in [0.4, 0.5) is 0 Å². The van der Waals surface area contributed by atoms with Crippen molar-refractivity contribution in [1.82, 2.24) is 10.2 Å². The average molecular weight is 318 g/mol. The Labute approximate surface area is 135 Å². The summed E-state index contributed by atoms with van der Waals surface area (Å²) in [5, 5.41) is 12.0. The molecule has 6 heteroatoms. The third kappa shape index (κ3) is 4.09. The molecule has 1 aliphatic heterocycles. The van der Waals surface area contributed by atoms with E-state index < -0.39 is 17.9 Å². The van der Waals surface area contributed by atoms with Crippen molar-refractivity contribution in [3.63, 3.8) is 0 Å². The summed E-state index contributed by atoms with van der Waals surface area (Å²) in [6, 6.07) is 8.58. The molecule has 1 aromatic carbocycles. The van der Waals surface area contributed by atoms with Crippen LogP contribution in [0.3, 0.4) is 0 Å². The highest BCUT2D eigenvalue weighted by atomic mass is 16.4. The summed E-state index contributed by atoms with van der Waals surface area (Å²) in [4.78, 5) is 36.8. The highest BCUT2D eigenvalue weighted by Gasteiger charge is 2.38. The molecule has 1 aliphatic rings. The summed E-state index contributed by atoms with van der Waals surface area (Å²) in [6.07, 6.45) is 0.596. The van der Waals surface area contributed by atoms with Gasteiger partial charge in [-0.1, -0.05) is 30.3 Å². The Balaban J connectivity index is 2.09. The van der Waals surface area contributed by atoms with Gasteiger partial charge in [0.2, 0.25) is 11.8 Å². The number of nitrogens with one attached hydrogen (secondary N) is 1. The van der Waals surface area contributed by atoms with E-state index in [-0.39, 0.29) is 24.3 Å². The van der Waals surface area contributed by atoms with Crippen LogP contribution in [0.25, 0.3) is 0 Å². The van der Waals surface area contributed by atoms with Crippen LogP contribution < -0.4 is 5.32 Å². The number of aliphatic carboxylic acids is 1. The Morgan fingerprint density at radius 1 is 1.30 bits per heavy atom. The fourth-order valence-corrected chi connectivity index (χ4v) is 3.10. The predicted molar refractivity (Wildman–Crippen MR) is 84.5 cm³/mol. The van der Waals surface area contributed by atoms with Gasteiger partial charge in [0.05, 0.1) is 18.4 Å². The molecule has 0 aliphatic carbocycles. The van der Waals surface area contributed by atoms with Crippen molar-refractivity contribution in [2.45, 2.75) is 38.8 Å². The molecule has 2 N–H and O–H groups in total. The summed E-state index contributed by atoms with van der Waals surface area (Å²) >= 11 is 0. The van der Waals surface area contributed by atoms with Crippen LogP contribution in [-0.2, 0) is 14.4 Å². The number of carboxylic acids is 1. The number of rotatable bonds is 5. The van der Waals surface area contributed by atoms with Gasteiger partial charge in [-0.25, -0.2) is 0 Å². The second kappa shape index (κ2) is 7.26. The lowest BCUT2D eigenvalue weighted by Gasteiger charge is -2.26. The van der Waals surface area contributed by atoms with E-state index in [0.29, 0.717) is 13.0 Å². The molecule has 2 rings (SSSR count). The standard InChI is InChI=1S/C17H22N2O4/c1-11-14(17(22)23)8-9-19(11)16(21)10-15(18-12(2)20)13-6-4-3-5-7-13/h3-7,11,14-15H,8-10H2,1-2H3,(H,18,20)(H,22,23). The van der Waals surface area contributed by atoms with Gasteiger partial charge in [0, 0.05) is 19.5 Å². The largest absolute Gasteiger partial charge is 0.481 e. The van der Waals surface area contributed by atoms with Crippen molar-refractivity contribution >= 4 is 17.8 Å². The van der Waals surface area contributed by atoms with Crippen LogP contribution in [0.1, 0.15) is 38.3 Å². The van der Waals surface area contributed by atoms with E-state index in [0.717, 1.165) is 5.56 Å². The number of carbonyl (C=O) groups is 3. The first kappa shape index (κ1) is 17.0. The Bertz CT molecular complexity index is 588. The Morgan fingerprint density at radius 3 is 2.48 bits per heavy atom. The van der Waals surface area contributed by atoms with E-state index in [1.165, 1.54) is 6.92 Å². The van der Waals surface area contributed by atoms with Gasteiger partial charge in [-0.2, -0.15) is 0 Å². The van der Waals surface area contributed by atoms with Gasteiger partial charge in [0.1, 0.15) is 0 Å². The predicted octanol–water partition coefficient (Wildman–Crippen LogP) is 1.58. The summed E-state index contributed by atoms with van der Waals surface area (Å²) < 4.78 is 0. The summed E-state index contributed by atoms with van der Waals surface area (Å²) in [6.45, 7) is 3.62. The first-order valence-corrected chi connectivity index (χ1v) is 7.74. The van der Waals surface area contributed by atoms with Gasteiger partial charge >= 0.3 is 5.97 Å². The third-order valence-corrected chi connectivity index (χ3v) is 4.35. The number of amides is 2. The number of likely N-dealkylation sites (tertiary alicyclic amines) is 1. The van der Waals surface area contributed by atoms with Crippen LogP contribution >= 0.6 is 0 Å². The molecule has 3 atom stereocenters.